The van der Waals surface area contributed by atoms with Crippen molar-refractivity contribution < 1.29 is 14.3 Å². The average molecular weight is 346 g/mol. The van der Waals surface area contributed by atoms with Gasteiger partial charge in [0.1, 0.15) is 6.61 Å². The van der Waals surface area contributed by atoms with Gasteiger partial charge >= 0.3 is 6.09 Å². The van der Waals surface area contributed by atoms with Crippen LogP contribution in [-0.4, -0.2) is 24.6 Å². The van der Waals surface area contributed by atoms with Crippen LogP contribution in [0.3, 0.4) is 0 Å². The van der Waals surface area contributed by atoms with Gasteiger partial charge in [0.05, 0.1) is 0 Å². The summed E-state index contributed by atoms with van der Waals surface area (Å²) < 4.78 is 5.13. The summed E-state index contributed by atoms with van der Waals surface area (Å²) in [5, 5.41) is 5.86. The van der Waals surface area contributed by atoms with Gasteiger partial charge in [-0.2, -0.15) is 0 Å². The van der Waals surface area contributed by atoms with Crippen molar-refractivity contribution in [2.75, 3.05) is 6.54 Å². The number of carbonyl (C=O) groups is 2. The number of carbonyl (C=O) groups excluding carboxylic acids is 2. The summed E-state index contributed by atoms with van der Waals surface area (Å²) in [5.41, 5.74) is 0.954. The molecule has 0 spiro atoms. The van der Waals surface area contributed by atoms with Crippen molar-refractivity contribution in [2.24, 2.45) is 5.92 Å². The Morgan fingerprint density at radius 1 is 1.16 bits per heavy atom. The zero-order valence-electron chi connectivity index (χ0n) is 15.1. The first-order chi connectivity index (χ1) is 12.2. The van der Waals surface area contributed by atoms with E-state index in [1.54, 1.807) is 0 Å². The molecule has 1 fully saturated rings. The third-order valence-corrected chi connectivity index (χ3v) is 4.84. The molecule has 0 aromatic heterocycles. The number of rotatable bonds is 8. The molecule has 0 heterocycles. The Morgan fingerprint density at radius 2 is 1.92 bits per heavy atom. The maximum Gasteiger partial charge on any atom is 0.407 e. The Kier molecular flexibility index (Phi) is 8.29. The van der Waals surface area contributed by atoms with Gasteiger partial charge in [0, 0.05) is 19.0 Å². The second-order valence-corrected chi connectivity index (χ2v) is 6.72. The minimum atomic E-state index is -0.442. The number of hydrogen-bond acceptors (Lipinski definition) is 3. The minimum Gasteiger partial charge on any atom is -0.445 e. The molecule has 2 amide bonds. The van der Waals surface area contributed by atoms with Gasteiger partial charge in [-0.1, -0.05) is 56.5 Å². The van der Waals surface area contributed by atoms with Gasteiger partial charge in [0.2, 0.25) is 5.91 Å². The molecule has 5 nitrogen and oxygen atoms in total. The summed E-state index contributed by atoms with van der Waals surface area (Å²) in [6.07, 6.45) is 6.53. The molecule has 1 aliphatic carbocycles. The molecular formula is C20H30N2O3. The van der Waals surface area contributed by atoms with E-state index in [0.717, 1.165) is 18.4 Å². The number of alkyl carbamates (subject to hydrolysis) is 1. The highest BCUT2D eigenvalue weighted by molar-refractivity contribution is 5.76. The van der Waals surface area contributed by atoms with Crippen molar-refractivity contribution in [3.63, 3.8) is 0 Å². The predicted octanol–water partition coefficient (Wildman–Crippen LogP) is 3.78. The van der Waals surface area contributed by atoms with E-state index >= 15 is 0 Å². The van der Waals surface area contributed by atoms with Crippen molar-refractivity contribution in [2.45, 2.75) is 64.5 Å². The van der Waals surface area contributed by atoms with E-state index in [2.05, 4.69) is 17.6 Å². The van der Waals surface area contributed by atoms with Gasteiger partial charge < -0.3 is 15.4 Å². The van der Waals surface area contributed by atoms with E-state index in [1.807, 2.05) is 30.3 Å². The fourth-order valence-corrected chi connectivity index (χ4v) is 3.38. The fraction of sp³-hybridized carbons (Fsp3) is 0.600. The van der Waals surface area contributed by atoms with Crippen LogP contribution < -0.4 is 10.6 Å². The van der Waals surface area contributed by atoms with E-state index in [-0.39, 0.29) is 12.5 Å². The molecule has 0 radical (unpaired) electrons. The third-order valence-electron chi connectivity index (χ3n) is 4.84. The van der Waals surface area contributed by atoms with Crippen LogP contribution in [0.25, 0.3) is 0 Å². The molecular weight excluding hydrogens is 316 g/mol. The Bertz CT molecular complexity index is 533. The second-order valence-electron chi connectivity index (χ2n) is 6.72. The van der Waals surface area contributed by atoms with Crippen molar-refractivity contribution in [1.82, 2.24) is 10.6 Å². The Labute approximate surface area is 150 Å². The molecule has 5 heteroatoms. The first kappa shape index (κ1) is 19.3. The number of hydrogen-bond donors (Lipinski definition) is 2. The van der Waals surface area contributed by atoms with E-state index < -0.39 is 6.09 Å². The number of nitrogens with one attached hydrogen (secondary N) is 2. The first-order valence-electron chi connectivity index (χ1n) is 9.43. The van der Waals surface area contributed by atoms with Gasteiger partial charge in [-0.15, -0.1) is 0 Å². The Morgan fingerprint density at radius 3 is 2.68 bits per heavy atom. The van der Waals surface area contributed by atoms with Crippen LogP contribution in [-0.2, 0) is 16.1 Å². The first-order valence-corrected chi connectivity index (χ1v) is 9.43. The monoisotopic (exact) mass is 346 g/mol. The van der Waals surface area contributed by atoms with Crippen molar-refractivity contribution in [3.05, 3.63) is 35.9 Å². The molecule has 1 aromatic rings. The molecule has 1 aromatic carbocycles. The molecule has 25 heavy (non-hydrogen) atoms. The lowest BCUT2D eigenvalue weighted by atomic mass is 9.83. The highest BCUT2D eigenvalue weighted by atomic mass is 16.5. The van der Waals surface area contributed by atoms with Crippen LogP contribution in [0.1, 0.15) is 57.4 Å². The predicted molar refractivity (Wildman–Crippen MR) is 98.0 cm³/mol. The van der Waals surface area contributed by atoms with Gasteiger partial charge in [-0.3, -0.25) is 4.79 Å². The SMILES string of the molecule is CCC1CCCCC1NC(=O)CCCNC(=O)OCc1ccccc1. The van der Waals surface area contributed by atoms with E-state index in [9.17, 15) is 9.59 Å². The highest BCUT2D eigenvalue weighted by Gasteiger charge is 2.24. The minimum absolute atomic E-state index is 0.0878. The molecule has 2 rings (SSSR count). The fourth-order valence-electron chi connectivity index (χ4n) is 3.38. The van der Waals surface area contributed by atoms with Crippen molar-refractivity contribution >= 4 is 12.0 Å². The van der Waals surface area contributed by atoms with Gasteiger partial charge in [0.25, 0.3) is 0 Å². The molecule has 1 aliphatic rings. The van der Waals surface area contributed by atoms with Crippen LogP contribution in [0.5, 0.6) is 0 Å². The molecule has 2 N–H and O–H groups in total. The molecule has 2 unspecified atom stereocenters. The van der Waals surface area contributed by atoms with Crippen molar-refractivity contribution in [3.8, 4) is 0 Å². The maximum atomic E-state index is 12.1. The van der Waals surface area contributed by atoms with E-state index in [0.29, 0.717) is 31.3 Å². The van der Waals surface area contributed by atoms with Crippen LogP contribution >= 0.6 is 0 Å². The Hall–Kier alpha value is -2.04. The highest BCUT2D eigenvalue weighted by Crippen LogP contribution is 2.26. The van der Waals surface area contributed by atoms with Crippen LogP contribution in [0.4, 0.5) is 4.79 Å². The summed E-state index contributed by atoms with van der Waals surface area (Å²) in [6.45, 7) is 2.90. The second kappa shape index (κ2) is 10.7. The standard InChI is InChI=1S/C20H30N2O3/c1-2-17-11-6-7-12-18(17)22-19(23)13-8-14-21-20(24)25-15-16-9-4-3-5-10-16/h3-5,9-10,17-18H,2,6-8,11-15H2,1H3,(H,21,24)(H,22,23). The summed E-state index contributed by atoms with van der Waals surface area (Å²) in [6, 6.07) is 9.88. The lowest BCUT2D eigenvalue weighted by molar-refractivity contribution is -0.122. The number of ether oxygens (including phenoxy) is 1. The van der Waals surface area contributed by atoms with Crippen LogP contribution in [0.15, 0.2) is 30.3 Å². The topological polar surface area (TPSA) is 67.4 Å². The van der Waals surface area contributed by atoms with Gasteiger partial charge in [-0.05, 0) is 30.7 Å². The van der Waals surface area contributed by atoms with Crippen LogP contribution in [0, 0.1) is 5.92 Å². The van der Waals surface area contributed by atoms with E-state index in [1.165, 1.54) is 19.3 Å². The zero-order valence-corrected chi connectivity index (χ0v) is 15.1. The summed E-state index contributed by atoms with van der Waals surface area (Å²) in [7, 11) is 0. The molecule has 0 bridgehead atoms. The third kappa shape index (κ3) is 7.16. The molecule has 0 aliphatic heterocycles. The van der Waals surface area contributed by atoms with Crippen LogP contribution in [0.2, 0.25) is 0 Å². The molecule has 1 saturated carbocycles. The molecule has 138 valence electrons. The zero-order chi connectivity index (χ0) is 17.9. The molecule has 2 atom stereocenters. The normalized spacial score (nSPS) is 19.9. The maximum absolute atomic E-state index is 12.1. The lowest BCUT2D eigenvalue weighted by Gasteiger charge is -2.31. The average Bonchev–Trinajstić information content (AvgIpc) is 2.65. The number of amides is 2. The van der Waals surface area contributed by atoms with Crippen molar-refractivity contribution in [1.29, 1.82) is 0 Å². The summed E-state index contributed by atoms with van der Waals surface area (Å²) in [4.78, 5) is 23.7. The van der Waals surface area contributed by atoms with E-state index in [4.69, 9.17) is 4.74 Å². The molecule has 0 saturated heterocycles. The van der Waals surface area contributed by atoms with Gasteiger partial charge in [0.15, 0.2) is 0 Å². The van der Waals surface area contributed by atoms with Gasteiger partial charge in [-0.25, -0.2) is 4.79 Å². The largest absolute Gasteiger partial charge is 0.445 e. The summed E-state index contributed by atoms with van der Waals surface area (Å²) in [5.74, 6) is 0.702. The quantitative estimate of drug-likeness (QED) is 0.704. The number of benzene rings is 1. The summed E-state index contributed by atoms with van der Waals surface area (Å²) >= 11 is 0. The smallest absolute Gasteiger partial charge is 0.407 e. The Balaban J connectivity index is 1.55. The lowest BCUT2D eigenvalue weighted by Crippen LogP contribution is -2.42.